The van der Waals surface area contributed by atoms with E-state index in [-0.39, 0.29) is 62.9 Å². The Bertz CT molecular complexity index is 2350. The zero-order valence-electron chi connectivity index (χ0n) is 37.4. The highest BCUT2D eigenvalue weighted by Gasteiger charge is 2.65. The first-order valence-corrected chi connectivity index (χ1v) is 22.9. The molecule has 2 aliphatic carbocycles. The number of allylic oxidation sites excluding steroid dienone is 1. The van der Waals surface area contributed by atoms with Crippen LogP contribution in [-0.4, -0.2) is 76.3 Å². The molecular formula is C52H59N3O11. The molecule has 1 amide bonds. The third-order valence-electron chi connectivity index (χ3n) is 12.7. The quantitative estimate of drug-likeness (QED) is 0.0238. The molecule has 0 saturated heterocycles. The van der Waals surface area contributed by atoms with E-state index in [4.69, 9.17) is 28.9 Å². The molecule has 348 valence electrons. The number of benzene rings is 4. The zero-order valence-corrected chi connectivity index (χ0v) is 37.4. The maximum atomic E-state index is 14.6. The fraction of sp³-hybridized carbons (Fsp3) is 0.404. The maximum absolute atomic E-state index is 14.6. The smallest absolute Gasteiger partial charge is 0.410 e. The molecule has 6 atom stereocenters. The highest BCUT2D eigenvalue weighted by molar-refractivity contribution is 6.03. The van der Waals surface area contributed by atoms with E-state index in [1.54, 1.807) is 47.4 Å². The number of aliphatic hydroxyl groups excluding tert-OH is 2. The maximum Gasteiger partial charge on any atom is 0.410 e. The van der Waals surface area contributed by atoms with Gasteiger partial charge in [0.05, 0.1) is 23.2 Å². The van der Waals surface area contributed by atoms with Gasteiger partial charge in [-0.2, -0.15) is 0 Å². The summed E-state index contributed by atoms with van der Waals surface area (Å²) in [6.45, 7) is 6.59. The lowest BCUT2D eigenvalue weighted by atomic mass is 9.55. The number of carbonyl (C=O) groups is 2. The van der Waals surface area contributed by atoms with Gasteiger partial charge in [0.15, 0.2) is 0 Å². The summed E-state index contributed by atoms with van der Waals surface area (Å²) < 4.78 is 26.9. The molecule has 1 aliphatic heterocycles. The second-order valence-electron chi connectivity index (χ2n) is 17.0. The number of ether oxygens (including phenoxy) is 4. The van der Waals surface area contributed by atoms with Crippen LogP contribution in [0.1, 0.15) is 91.3 Å². The van der Waals surface area contributed by atoms with E-state index < -0.39 is 28.8 Å². The molecule has 0 radical (unpaired) electrons. The van der Waals surface area contributed by atoms with Crippen molar-refractivity contribution in [2.45, 2.75) is 89.3 Å². The first kappa shape index (κ1) is 47.6. The van der Waals surface area contributed by atoms with E-state index in [9.17, 15) is 29.9 Å². The normalized spacial score (nSPS) is 22.2. The van der Waals surface area contributed by atoms with Crippen LogP contribution in [0.5, 0.6) is 17.2 Å². The van der Waals surface area contributed by atoms with Crippen LogP contribution in [0.15, 0.2) is 127 Å². The predicted molar refractivity (Wildman–Crippen MR) is 248 cm³/mol. The largest absolute Gasteiger partial charge is 0.459 e. The summed E-state index contributed by atoms with van der Waals surface area (Å²) in [5.41, 5.74) is 4.27. The van der Waals surface area contributed by atoms with Gasteiger partial charge < -0.3 is 34.0 Å². The molecule has 1 heterocycles. The number of aldehydes is 1. The van der Waals surface area contributed by atoms with E-state index in [0.717, 1.165) is 48.7 Å². The monoisotopic (exact) mass is 901 g/mol. The Hall–Kier alpha value is -6.35. The van der Waals surface area contributed by atoms with Crippen LogP contribution >= 0.6 is 0 Å². The Balaban J connectivity index is 1.41. The van der Waals surface area contributed by atoms with Gasteiger partial charge in [0.25, 0.3) is 5.69 Å². The number of rotatable bonds is 23. The second-order valence-corrected chi connectivity index (χ2v) is 17.0. The molecule has 14 nitrogen and oxygen atoms in total. The van der Waals surface area contributed by atoms with Crippen molar-refractivity contribution in [1.29, 1.82) is 0 Å². The number of aliphatic hydroxyl groups is 2. The molecule has 0 spiro atoms. The molecule has 0 aromatic heterocycles. The summed E-state index contributed by atoms with van der Waals surface area (Å²) in [6, 6.07) is 27.4. The van der Waals surface area contributed by atoms with Crippen LogP contribution in [0.4, 0.5) is 10.5 Å². The van der Waals surface area contributed by atoms with E-state index in [0.29, 0.717) is 59.9 Å². The number of amides is 1. The van der Waals surface area contributed by atoms with Crippen LogP contribution in [0, 0.1) is 27.9 Å². The number of oxime groups is 1. The fourth-order valence-corrected chi connectivity index (χ4v) is 9.82. The number of carbonyl (C=O) groups excluding carboxylic acids is 2. The number of nitro groups is 1. The molecule has 7 rings (SSSR count). The van der Waals surface area contributed by atoms with Gasteiger partial charge in [-0.1, -0.05) is 79.5 Å². The van der Waals surface area contributed by atoms with Gasteiger partial charge in [-0.3, -0.25) is 19.8 Å². The summed E-state index contributed by atoms with van der Waals surface area (Å²) in [6.07, 6.45) is 9.14. The Kier molecular flexibility index (Phi) is 16.4. The highest BCUT2D eigenvalue weighted by Crippen LogP contribution is 2.62. The molecule has 3 aliphatic rings. The third-order valence-corrected chi connectivity index (χ3v) is 12.7. The molecule has 1 fully saturated rings. The molecule has 66 heavy (non-hydrogen) atoms. The summed E-state index contributed by atoms with van der Waals surface area (Å²) in [5, 5.41) is 36.2. The number of non-ortho nitro benzene ring substituents is 1. The van der Waals surface area contributed by atoms with Crippen LogP contribution in [0.25, 0.3) is 0 Å². The Labute approximate surface area is 385 Å². The number of unbranched alkanes of at least 4 members (excludes halogenated alkanes) is 2. The van der Waals surface area contributed by atoms with Gasteiger partial charge >= 0.3 is 6.09 Å². The average molecular weight is 902 g/mol. The van der Waals surface area contributed by atoms with Gasteiger partial charge in [-0.15, -0.1) is 6.58 Å². The van der Waals surface area contributed by atoms with Crippen molar-refractivity contribution in [3.8, 4) is 17.2 Å². The number of hydrogen-bond donors (Lipinski definition) is 2. The van der Waals surface area contributed by atoms with Gasteiger partial charge in [0.2, 0.25) is 5.79 Å². The summed E-state index contributed by atoms with van der Waals surface area (Å²) in [5.74, 6) is -0.840. The zero-order chi connectivity index (χ0) is 46.5. The lowest BCUT2D eigenvalue weighted by Crippen LogP contribution is -2.70. The molecular weight excluding hydrogens is 843 g/mol. The standard InChI is InChI=1S/C52H59N3O11/c1-3-25-54(51(59)62-34-36-13-6-5-7-14-36)48-32-46(53-64-35-37-19-21-40(22-20-37)55(60)61)44-30-39(16-8-10-26-56)43(18-9-11-27-57)49-45-31-42(65-41-17-12-15-38(29-41)33-58)23-24-47(45)66-52(48,50(44)49)63-28-4-2/h4-7,12-15,17,19-24,29-31,33,39,43,48-50,56-57H,2-3,8-11,16,18,25-28,32,34-35H2,1H3. The molecule has 14 heteroatoms. The van der Waals surface area contributed by atoms with Crippen LogP contribution in [0.3, 0.4) is 0 Å². The molecule has 4 aromatic rings. The summed E-state index contributed by atoms with van der Waals surface area (Å²) >= 11 is 0. The predicted octanol–water partition coefficient (Wildman–Crippen LogP) is 10.1. The Morgan fingerprint density at radius 2 is 1.68 bits per heavy atom. The topological polar surface area (TPSA) is 179 Å². The molecule has 1 saturated carbocycles. The number of nitrogens with zero attached hydrogens (tertiary/aromatic N) is 3. The SMILES string of the molecule is C=CCOC12Oc3ccc(Oc4cccc(C=O)c4)cc3C3C(CCCCO)C(CCCCO)C=C(C(=NOCc4ccc([N+](=O)[O-])cc4)CC1N(CCC)C(=O)OCc1ccccc1)C32. The van der Waals surface area contributed by atoms with Gasteiger partial charge in [-0.25, -0.2) is 4.79 Å². The first-order chi connectivity index (χ1) is 32.2. The van der Waals surface area contributed by atoms with Crippen LogP contribution in [-0.2, 0) is 27.5 Å². The molecule has 2 N–H and O–H groups in total. The van der Waals surface area contributed by atoms with Crippen molar-refractivity contribution in [3.05, 3.63) is 154 Å². The highest BCUT2D eigenvalue weighted by atomic mass is 16.7. The Morgan fingerprint density at radius 3 is 2.39 bits per heavy atom. The van der Waals surface area contributed by atoms with E-state index in [1.165, 1.54) is 12.1 Å². The van der Waals surface area contributed by atoms with Crippen molar-refractivity contribution in [2.24, 2.45) is 22.9 Å². The van der Waals surface area contributed by atoms with E-state index >= 15 is 0 Å². The molecule has 4 aromatic carbocycles. The van der Waals surface area contributed by atoms with Crippen LogP contribution in [0.2, 0.25) is 0 Å². The molecule has 0 bridgehead atoms. The summed E-state index contributed by atoms with van der Waals surface area (Å²) in [4.78, 5) is 45.1. The van der Waals surface area contributed by atoms with Gasteiger partial charge in [0, 0.05) is 55.4 Å². The van der Waals surface area contributed by atoms with Crippen molar-refractivity contribution in [3.63, 3.8) is 0 Å². The minimum Gasteiger partial charge on any atom is -0.459 e. The fourth-order valence-electron chi connectivity index (χ4n) is 9.82. The first-order valence-electron chi connectivity index (χ1n) is 22.9. The van der Waals surface area contributed by atoms with Crippen LogP contribution < -0.4 is 9.47 Å². The second kappa shape index (κ2) is 22.7. The lowest BCUT2D eigenvalue weighted by molar-refractivity contribution is -0.384. The van der Waals surface area contributed by atoms with Gasteiger partial charge in [0.1, 0.15) is 42.8 Å². The minimum atomic E-state index is -1.50. The average Bonchev–Trinajstić information content (AvgIpc) is 3.33. The lowest BCUT2D eigenvalue weighted by Gasteiger charge is -2.59. The van der Waals surface area contributed by atoms with E-state index in [2.05, 4.69) is 12.7 Å². The third kappa shape index (κ3) is 10.8. The molecule has 6 unspecified atom stereocenters. The number of fused-ring (bicyclic) bond motifs is 2. The van der Waals surface area contributed by atoms with Crippen molar-refractivity contribution in [1.82, 2.24) is 4.90 Å². The van der Waals surface area contributed by atoms with Gasteiger partial charge in [-0.05, 0) is 103 Å². The summed E-state index contributed by atoms with van der Waals surface area (Å²) in [7, 11) is 0. The van der Waals surface area contributed by atoms with Crippen molar-refractivity contribution < 1.29 is 48.5 Å². The Morgan fingerprint density at radius 1 is 0.939 bits per heavy atom. The van der Waals surface area contributed by atoms with Crippen molar-refractivity contribution >= 4 is 23.8 Å². The minimum absolute atomic E-state index is 0.0117. The number of nitro benzene ring substituents is 1. The number of hydrogen-bond acceptors (Lipinski definition) is 12. The van der Waals surface area contributed by atoms with Crippen molar-refractivity contribution in [2.75, 3.05) is 26.4 Å². The van der Waals surface area contributed by atoms with E-state index in [1.807, 2.05) is 55.5 Å².